The molecule has 1 saturated heterocycles. The fourth-order valence-corrected chi connectivity index (χ4v) is 3.76. The van der Waals surface area contributed by atoms with E-state index in [9.17, 15) is 14.4 Å². The van der Waals surface area contributed by atoms with Crippen molar-refractivity contribution in [3.05, 3.63) is 70.9 Å². The molecule has 7 heteroatoms. The number of piperidine rings is 1. The summed E-state index contributed by atoms with van der Waals surface area (Å²) in [6.45, 7) is 1.57. The molecule has 0 spiro atoms. The van der Waals surface area contributed by atoms with E-state index in [1.54, 1.807) is 54.6 Å². The van der Waals surface area contributed by atoms with E-state index in [2.05, 4.69) is 5.32 Å². The summed E-state index contributed by atoms with van der Waals surface area (Å²) in [4.78, 5) is 40.7. The van der Waals surface area contributed by atoms with E-state index in [1.807, 2.05) is 4.90 Å². The van der Waals surface area contributed by atoms with Crippen LogP contribution in [0.3, 0.4) is 0 Å². The first kappa shape index (κ1) is 19.2. The Kier molecular flexibility index (Phi) is 5.36. The minimum atomic E-state index is -0.567. The Hall–Kier alpha value is -3.12. The number of hydrogen-bond donors (Lipinski definition) is 1. The topological polar surface area (TPSA) is 69.7 Å². The molecule has 2 heterocycles. The number of nitrogens with one attached hydrogen (secondary N) is 1. The summed E-state index contributed by atoms with van der Waals surface area (Å²) < 4.78 is 0. The largest absolute Gasteiger partial charge is 0.350 e. The molecule has 2 aliphatic heterocycles. The fourth-order valence-electron chi connectivity index (χ4n) is 3.54. The summed E-state index contributed by atoms with van der Waals surface area (Å²) in [5.74, 6) is -1.07. The van der Waals surface area contributed by atoms with Gasteiger partial charge in [0.2, 0.25) is 0 Å². The molecule has 0 aliphatic carbocycles. The molecule has 0 atom stereocenters. The maximum absolute atomic E-state index is 12.8. The summed E-state index contributed by atoms with van der Waals surface area (Å²) in [6, 6.07) is 15.5. The Morgan fingerprint density at radius 3 is 2.17 bits per heavy atom. The summed E-state index contributed by atoms with van der Waals surface area (Å²) in [6.07, 6.45) is 3.23. The van der Waals surface area contributed by atoms with Crippen molar-refractivity contribution < 1.29 is 14.4 Å². The summed E-state index contributed by atoms with van der Waals surface area (Å²) in [5, 5.41) is 2.77. The van der Waals surface area contributed by atoms with E-state index >= 15 is 0 Å². The maximum atomic E-state index is 12.8. The van der Waals surface area contributed by atoms with Crippen LogP contribution >= 0.6 is 11.6 Å². The van der Waals surface area contributed by atoms with Gasteiger partial charge in [-0.2, -0.15) is 0 Å². The van der Waals surface area contributed by atoms with Gasteiger partial charge in [-0.3, -0.25) is 14.4 Å². The Morgan fingerprint density at radius 2 is 1.52 bits per heavy atom. The number of benzene rings is 2. The number of carbonyl (C=O) groups excluding carboxylic acids is 3. The third-order valence-electron chi connectivity index (χ3n) is 5.09. The van der Waals surface area contributed by atoms with E-state index in [1.165, 1.54) is 0 Å². The van der Waals surface area contributed by atoms with Gasteiger partial charge in [-0.25, -0.2) is 4.90 Å². The monoisotopic (exact) mass is 409 g/mol. The predicted octanol–water partition coefficient (Wildman–Crippen LogP) is 3.75. The van der Waals surface area contributed by atoms with Crippen LogP contribution < -0.4 is 10.2 Å². The summed E-state index contributed by atoms with van der Waals surface area (Å²) >= 11 is 6.15. The summed E-state index contributed by atoms with van der Waals surface area (Å²) in [5.41, 5.74) is 1.65. The second-order valence-corrected chi connectivity index (χ2v) is 7.40. The lowest BCUT2D eigenvalue weighted by atomic mass is 10.1. The van der Waals surface area contributed by atoms with Crippen LogP contribution in [0.5, 0.6) is 0 Å². The highest BCUT2D eigenvalue weighted by Gasteiger charge is 2.38. The highest BCUT2D eigenvalue weighted by molar-refractivity contribution is 6.53. The SMILES string of the molecule is O=C(c1ccc(NC2=C(Cl)C(=O)N(c3ccccc3)C2=O)cc1)N1CCCCC1. The number of rotatable bonds is 4. The normalized spacial score (nSPS) is 17.1. The molecule has 2 aliphatic rings. The minimum Gasteiger partial charge on any atom is -0.350 e. The highest BCUT2D eigenvalue weighted by Crippen LogP contribution is 2.30. The van der Waals surface area contributed by atoms with Crippen LogP contribution in [0.4, 0.5) is 11.4 Å². The van der Waals surface area contributed by atoms with Crippen LogP contribution in [-0.2, 0) is 9.59 Å². The van der Waals surface area contributed by atoms with Gasteiger partial charge in [-0.05, 0) is 55.7 Å². The van der Waals surface area contributed by atoms with E-state index in [0.29, 0.717) is 16.9 Å². The van der Waals surface area contributed by atoms with E-state index in [0.717, 1.165) is 37.3 Å². The first-order valence-corrected chi connectivity index (χ1v) is 9.94. The number of nitrogens with zero attached hydrogens (tertiary/aromatic N) is 2. The van der Waals surface area contributed by atoms with Crippen LogP contribution in [0.2, 0.25) is 0 Å². The van der Waals surface area contributed by atoms with Crippen molar-refractivity contribution in [3.8, 4) is 0 Å². The van der Waals surface area contributed by atoms with Crippen LogP contribution in [0.15, 0.2) is 65.3 Å². The number of likely N-dealkylation sites (tertiary alicyclic amines) is 1. The number of hydrogen-bond acceptors (Lipinski definition) is 4. The van der Waals surface area contributed by atoms with Gasteiger partial charge in [-0.15, -0.1) is 0 Å². The van der Waals surface area contributed by atoms with Crippen LogP contribution in [0.25, 0.3) is 0 Å². The molecule has 1 N–H and O–H groups in total. The number of amides is 3. The van der Waals surface area contributed by atoms with Gasteiger partial charge >= 0.3 is 0 Å². The van der Waals surface area contributed by atoms with Crippen molar-refractivity contribution >= 4 is 40.7 Å². The first-order valence-electron chi connectivity index (χ1n) is 9.56. The van der Waals surface area contributed by atoms with Gasteiger partial charge in [0.25, 0.3) is 17.7 Å². The van der Waals surface area contributed by atoms with Crippen LogP contribution in [0, 0.1) is 0 Å². The second kappa shape index (κ2) is 8.09. The Labute approximate surface area is 173 Å². The molecule has 4 rings (SSSR count). The Balaban J connectivity index is 1.49. The van der Waals surface area contributed by atoms with E-state index in [-0.39, 0.29) is 16.6 Å². The van der Waals surface area contributed by atoms with Crippen molar-refractivity contribution in [1.29, 1.82) is 0 Å². The van der Waals surface area contributed by atoms with Gasteiger partial charge in [0.1, 0.15) is 10.7 Å². The average Bonchev–Trinajstić information content (AvgIpc) is 2.98. The first-order chi connectivity index (χ1) is 14.1. The van der Waals surface area contributed by atoms with E-state index < -0.39 is 11.8 Å². The molecule has 3 amide bonds. The van der Waals surface area contributed by atoms with Crippen LogP contribution in [0.1, 0.15) is 29.6 Å². The summed E-state index contributed by atoms with van der Waals surface area (Å²) in [7, 11) is 0. The molecule has 0 aromatic heterocycles. The molecule has 1 fully saturated rings. The molecule has 0 saturated carbocycles. The number of para-hydroxylation sites is 1. The van der Waals surface area contributed by atoms with Gasteiger partial charge < -0.3 is 10.2 Å². The molecular weight excluding hydrogens is 390 g/mol. The lowest BCUT2D eigenvalue weighted by Crippen LogP contribution is -2.35. The van der Waals surface area contributed by atoms with Crippen molar-refractivity contribution in [2.24, 2.45) is 0 Å². The van der Waals surface area contributed by atoms with Crippen molar-refractivity contribution in [3.63, 3.8) is 0 Å². The molecule has 2 aromatic rings. The molecule has 0 bridgehead atoms. The molecular formula is C22H20ClN3O3. The minimum absolute atomic E-state index is 0.0101. The lowest BCUT2D eigenvalue weighted by molar-refractivity contribution is -0.120. The standard InChI is InChI=1S/C22H20ClN3O3/c23-18-19(22(29)26(21(18)28)17-7-3-1-4-8-17)24-16-11-9-15(10-12-16)20(27)25-13-5-2-6-14-25/h1,3-4,7-12,24H,2,5-6,13-14H2. The van der Waals surface area contributed by atoms with Gasteiger partial charge in [0.15, 0.2) is 0 Å². The average molecular weight is 410 g/mol. The van der Waals surface area contributed by atoms with Gasteiger partial charge in [-0.1, -0.05) is 29.8 Å². The molecule has 2 aromatic carbocycles. The van der Waals surface area contributed by atoms with Gasteiger partial charge in [0, 0.05) is 24.3 Å². The van der Waals surface area contributed by atoms with Crippen molar-refractivity contribution in [2.75, 3.05) is 23.3 Å². The lowest BCUT2D eigenvalue weighted by Gasteiger charge is -2.26. The zero-order valence-electron chi connectivity index (χ0n) is 15.7. The molecule has 148 valence electrons. The van der Waals surface area contributed by atoms with E-state index in [4.69, 9.17) is 11.6 Å². The molecule has 6 nitrogen and oxygen atoms in total. The predicted molar refractivity (Wildman–Crippen MR) is 112 cm³/mol. The number of halogens is 1. The molecule has 29 heavy (non-hydrogen) atoms. The van der Waals surface area contributed by atoms with Gasteiger partial charge in [0.05, 0.1) is 5.69 Å². The third-order valence-corrected chi connectivity index (χ3v) is 5.44. The quantitative estimate of drug-likeness (QED) is 0.781. The maximum Gasteiger partial charge on any atom is 0.283 e. The number of anilines is 2. The van der Waals surface area contributed by atoms with Crippen molar-refractivity contribution in [2.45, 2.75) is 19.3 Å². The number of imide groups is 1. The Bertz CT molecular complexity index is 980. The zero-order valence-corrected chi connectivity index (χ0v) is 16.5. The van der Waals surface area contributed by atoms with Crippen LogP contribution in [-0.4, -0.2) is 35.7 Å². The smallest absolute Gasteiger partial charge is 0.283 e. The third kappa shape index (κ3) is 3.76. The number of carbonyl (C=O) groups is 3. The Morgan fingerprint density at radius 1 is 0.862 bits per heavy atom. The highest BCUT2D eigenvalue weighted by atomic mass is 35.5. The second-order valence-electron chi connectivity index (χ2n) is 7.03. The fraction of sp³-hybridized carbons (Fsp3) is 0.227. The zero-order chi connectivity index (χ0) is 20.4. The molecule has 0 radical (unpaired) electrons. The molecule has 0 unspecified atom stereocenters. The van der Waals surface area contributed by atoms with Crippen molar-refractivity contribution in [1.82, 2.24) is 4.90 Å².